The Kier molecular flexibility index (Phi) is 2.80. The Hall–Kier alpha value is -2.19. The number of anilines is 1. The standard InChI is InChI=1S/C11H12N6OS/c1-7-4-9-10(18)16(2-3-17(9)15-7)6-8-5-13-11(14-12)19-8/h2-5H,6,12H2,1H3,(H,13,14). The first-order valence-corrected chi connectivity index (χ1v) is 6.46. The molecule has 0 aliphatic carbocycles. The minimum atomic E-state index is -0.0706. The Balaban J connectivity index is 2.00. The molecule has 0 unspecified atom stereocenters. The maximum Gasteiger partial charge on any atom is 0.276 e. The highest BCUT2D eigenvalue weighted by atomic mass is 32.1. The summed E-state index contributed by atoms with van der Waals surface area (Å²) in [5.41, 5.74) is 3.81. The maximum atomic E-state index is 12.3. The van der Waals surface area contributed by atoms with Crippen molar-refractivity contribution in [2.45, 2.75) is 13.5 Å². The van der Waals surface area contributed by atoms with Gasteiger partial charge in [0.25, 0.3) is 5.56 Å². The van der Waals surface area contributed by atoms with Crippen molar-refractivity contribution >= 4 is 22.0 Å². The Morgan fingerprint density at radius 2 is 2.32 bits per heavy atom. The number of aryl methyl sites for hydroxylation is 1. The summed E-state index contributed by atoms with van der Waals surface area (Å²) in [6.07, 6.45) is 5.20. The Morgan fingerprint density at radius 3 is 3.05 bits per heavy atom. The van der Waals surface area contributed by atoms with Crippen LogP contribution < -0.4 is 16.8 Å². The second-order valence-corrected chi connectivity index (χ2v) is 5.24. The predicted octanol–water partition coefficient (Wildman–Crippen LogP) is 0.595. The number of hydrogen-bond acceptors (Lipinski definition) is 6. The molecule has 0 atom stereocenters. The number of fused-ring (bicyclic) bond motifs is 1. The number of rotatable bonds is 3. The zero-order valence-corrected chi connectivity index (χ0v) is 11.0. The first-order valence-electron chi connectivity index (χ1n) is 5.64. The van der Waals surface area contributed by atoms with Gasteiger partial charge in [-0.2, -0.15) is 5.10 Å². The van der Waals surface area contributed by atoms with Gasteiger partial charge in [-0.1, -0.05) is 11.3 Å². The van der Waals surface area contributed by atoms with Crippen molar-refractivity contribution in [2.24, 2.45) is 5.84 Å². The molecule has 0 aliphatic rings. The van der Waals surface area contributed by atoms with Gasteiger partial charge in [0.15, 0.2) is 5.13 Å². The molecule has 98 valence electrons. The third kappa shape index (κ3) is 2.11. The van der Waals surface area contributed by atoms with E-state index < -0.39 is 0 Å². The molecule has 0 spiro atoms. The van der Waals surface area contributed by atoms with Crippen molar-refractivity contribution in [3.63, 3.8) is 0 Å². The lowest BCUT2D eigenvalue weighted by Crippen LogP contribution is -2.21. The Bertz CT molecular complexity index is 786. The summed E-state index contributed by atoms with van der Waals surface area (Å²) < 4.78 is 3.22. The third-order valence-corrected chi connectivity index (χ3v) is 3.64. The number of aromatic nitrogens is 4. The lowest BCUT2D eigenvalue weighted by Gasteiger charge is -2.03. The second kappa shape index (κ2) is 4.48. The summed E-state index contributed by atoms with van der Waals surface area (Å²) >= 11 is 1.42. The topological polar surface area (TPSA) is 90.2 Å². The zero-order chi connectivity index (χ0) is 13.4. The van der Waals surface area contributed by atoms with Gasteiger partial charge in [0.1, 0.15) is 5.52 Å². The van der Waals surface area contributed by atoms with Crippen LogP contribution in [-0.2, 0) is 6.54 Å². The number of hydrogen-bond donors (Lipinski definition) is 2. The molecule has 0 amide bonds. The molecular formula is C11H12N6OS. The molecule has 8 heteroatoms. The molecule has 0 bridgehead atoms. The van der Waals surface area contributed by atoms with E-state index in [1.165, 1.54) is 11.3 Å². The van der Waals surface area contributed by atoms with E-state index in [9.17, 15) is 4.79 Å². The molecule has 0 aromatic carbocycles. The molecule has 0 saturated carbocycles. The van der Waals surface area contributed by atoms with Gasteiger partial charge in [0.2, 0.25) is 0 Å². The van der Waals surface area contributed by atoms with E-state index in [0.29, 0.717) is 17.2 Å². The van der Waals surface area contributed by atoms with E-state index in [1.54, 1.807) is 33.7 Å². The Morgan fingerprint density at radius 1 is 1.47 bits per heavy atom. The van der Waals surface area contributed by atoms with Crippen molar-refractivity contribution in [1.82, 2.24) is 19.2 Å². The smallest absolute Gasteiger partial charge is 0.276 e. The lowest BCUT2D eigenvalue weighted by atomic mass is 10.4. The highest BCUT2D eigenvalue weighted by molar-refractivity contribution is 7.15. The summed E-state index contributed by atoms with van der Waals surface area (Å²) in [5.74, 6) is 5.28. The summed E-state index contributed by atoms with van der Waals surface area (Å²) in [4.78, 5) is 17.3. The van der Waals surface area contributed by atoms with Crippen molar-refractivity contribution in [3.8, 4) is 0 Å². The molecule has 19 heavy (non-hydrogen) atoms. The molecule has 0 aliphatic heterocycles. The first-order chi connectivity index (χ1) is 9.17. The van der Waals surface area contributed by atoms with E-state index in [-0.39, 0.29) is 5.56 Å². The van der Waals surface area contributed by atoms with E-state index in [1.807, 2.05) is 6.92 Å². The summed E-state index contributed by atoms with van der Waals surface area (Å²) in [7, 11) is 0. The SMILES string of the molecule is Cc1cc2c(=O)n(Cc3cnc(NN)s3)ccn2n1. The number of nitrogens with one attached hydrogen (secondary N) is 1. The van der Waals surface area contributed by atoms with Crippen LogP contribution in [0.2, 0.25) is 0 Å². The van der Waals surface area contributed by atoms with Crippen LogP contribution in [0.25, 0.3) is 5.52 Å². The van der Waals surface area contributed by atoms with Crippen LogP contribution in [-0.4, -0.2) is 19.2 Å². The van der Waals surface area contributed by atoms with Crippen molar-refractivity contribution < 1.29 is 0 Å². The highest BCUT2D eigenvalue weighted by Crippen LogP contribution is 2.17. The van der Waals surface area contributed by atoms with Gasteiger partial charge < -0.3 is 4.57 Å². The molecule has 3 aromatic heterocycles. The monoisotopic (exact) mass is 276 g/mol. The molecule has 3 aromatic rings. The van der Waals surface area contributed by atoms with E-state index in [4.69, 9.17) is 5.84 Å². The van der Waals surface area contributed by atoms with Gasteiger partial charge in [0, 0.05) is 23.5 Å². The van der Waals surface area contributed by atoms with Gasteiger partial charge >= 0.3 is 0 Å². The zero-order valence-electron chi connectivity index (χ0n) is 10.2. The van der Waals surface area contributed by atoms with Crippen LogP contribution in [0.5, 0.6) is 0 Å². The van der Waals surface area contributed by atoms with Crippen LogP contribution in [0, 0.1) is 6.92 Å². The van der Waals surface area contributed by atoms with Crippen LogP contribution in [0.3, 0.4) is 0 Å². The molecule has 7 nitrogen and oxygen atoms in total. The van der Waals surface area contributed by atoms with Gasteiger partial charge in [-0.25, -0.2) is 15.3 Å². The van der Waals surface area contributed by atoms with Crippen molar-refractivity contribution in [2.75, 3.05) is 5.43 Å². The molecule has 0 saturated heterocycles. The average molecular weight is 276 g/mol. The fraction of sp³-hybridized carbons (Fsp3) is 0.182. The number of hydrazine groups is 1. The minimum absolute atomic E-state index is 0.0706. The minimum Gasteiger partial charge on any atom is -0.307 e. The summed E-state index contributed by atoms with van der Waals surface area (Å²) in [6, 6.07) is 1.78. The van der Waals surface area contributed by atoms with Crippen LogP contribution in [0.1, 0.15) is 10.6 Å². The highest BCUT2D eigenvalue weighted by Gasteiger charge is 2.07. The molecular weight excluding hydrogens is 264 g/mol. The van der Waals surface area contributed by atoms with Crippen LogP contribution in [0.15, 0.2) is 29.5 Å². The number of thiazole rings is 1. The predicted molar refractivity (Wildman–Crippen MR) is 73.2 cm³/mol. The Labute approximate surface area is 112 Å². The van der Waals surface area contributed by atoms with Gasteiger partial charge in [-0.05, 0) is 13.0 Å². The average Bonchev–Trinajstić information content (AvgIpc) is 2.99. The molecule has 3 rings (SSSR count). The van der Waals surface area contributed by atoms with Gasteiger partial charge in [-0.3, -0.25) is 10.2 Å². The molecule has 3 heterocycles. The maximum absolute atomic E-state index is 12.3. The number of nitrogen functional groups attached to an aromatic ring is 1. The quantitative estimate of drug-likeness (QED) is 0.540. The number of nitrogens with zero attached hydrogens (tertiary/aromatic N) is 4. The fourth-order valence-electron chi connectivity index (χ4n) is 1.89. The fourth-order valence-corrected chi connectivity index (χ4v) is 2.61. The normalized spacial score (nSPS) is 11.1. The van der Waals surface area contributed by atoms with Crippen molar-refractivity contribution in [3.05, 3.63) is 45.6 Å². The van der Waals surface area contributed by atoms with Crippen molar-refractivity contribution in [1.29, 1.82) is 0 Å². The molecule has 0 fully saturated rings. The van der Waals surface area contributed by atoms with E-state index in [2.05, 4.69) is 15.5 Å². The van der Waals surface area contributed by atoms with Crippen LogP contribution >= 0.6 is 11.3 Å². The first kappa shape index (κ1) is 11.9. The lowest BCUT2D eigenvalue weighted by molar-refractivity contribution is 0.749. The molecule has 0 radical (unpaired) electrons. The third-order valence-electron chi connectivity index (χ3n) is 2.73. The van der Waals surface area contributed by atoms with Gasteiger partial charge in [0.05, 0.1) is 12.2 Å². The summed E-state index contributed by atoms with van der Waals surface area (Å²) in [6.45, 7) is 2.33. The number of nitrogens with two attached hydrogens (primary N) is 1. The molecule has 3 N–H and O–H groups in total. The second-order valence-electron chi connectivity index (χ2n) is 4.12. The van der Waals surface area contributed by atoms with Gasteiger partial charge in [-0.15, -0.1) is 0 Å². The van der Waals surface area contributed by atoms with E-state index >= 15 is 0 Å². The summed E-state index contributed by atoms with van der Waals surface area (Å²) in [5, 5.41) is 4.84. The van der Waals surface area contributed by atoms with Crippen LogP contribution in [0.4, 0.5) is 5.13 Å². The van der Waals surface area contributed by atoms with E-state index in [0.717, 1.165) is 10.6 Å². The largest absolute Gasteiger partial charge is 0.307 e.